The van der Waals surface area contributed by atoms with Gasteiger partial charge in [0.05, 0.1) is 16.8 Å². The van der Waals surface area contributed by atoms with Crippen molar-refractivity contribution in [1.29, 1.82) is 0 Å². The van der Waals surface area contributed by atoms with Crippen LogP contribution in [0.1, 0.15) is 41.1 Å². The van der Waals surface area contributed by atoms with Gasteiger partial charge in [-0.1, -0.05) is 38.1 Å². The van der Waals surface area contributed by atoms with E-state index in [1.54, 1.807) is 48.5 Å². The molecule has 1 aliphatic heterocycles. The number of carbonyl (C=O) groups excluding carboxylic acids is 2. The number of amides is 2. The van der Waals surface area contributed by atoms with Gasteiger partial charge in [-0.3, -0.25) is 19.5 Å². The number of nitrogens with zero attached hydrogens (tertiary/aromatic N) is 2. The molecule has 2 amide bonds. The normalized spacial score (nSPS) is 18.9. The van der Waals surface area contributed by atoms with Gasteiger partial charge in [0.1, 0.15) is 0 Å². The van der Waals surface area contributed by atoms with E-state index in [2.05, 4.69) is 29.4 Å². The Hall–Kier alpha value is -3.48. The maximum Gasteiger partial charge on any atom is 0.280 e. The number of anilines is 1. The van der Waals surface area contributed by atoms with Crippen LogP contribution in [0.3, 0.4) is 0 Å². The van der Waals surface area contributed by atoms with Crippen LogP contribution in [0.2, 0.25) is 0 Å². The van der Waals surface area contributed by atoms with Gasteiger partial charge in [0.2, 0.25) is 5.43 Å². The molecule has 2 unspecified atom stereocenters. The largest absolute Gasteiger partial charge is 0.338 e. The number of aromatic nitrogens is 2. The van der Waals surface area contributed by atoms with E-state index in [-0.39, 0.29) is 11.6 Å². The minimum atomic E-state index is -0.650. The highest BCUT2D eigenvalue weighted by atomic mass is 16.2. The van der Waals surface area contributed by atoms with Gasteiger partial charge in [-0.15, -0.1) is 0 Å². The summed E-state index contributed by atoms with van der Waals surface area (Å²) in [7, 11) is 0. The molecule has 2 heterocycles. The summed E-state index contributed by atoms with van der Waals surface area (Å²) in [5, 5.41) is 9.77. The summed E-state index contributed by atoms with van der Waals surface area (Å²) in [6.07, 6.45) is 1.10. The highest BCUT2D eigenvalue weighted by Gasteiger charge is 2.28. The van der Waals surface area contributed by atoms with Crippen LogP contribution in [-0.2, 0) is 0 Å². The lowest BCUT2D eigenvalue weighted by atomic mass is 9.91. The van der Waals surface area contributed by atoms with Gasteiger partial charge in [-0.25, -0.2) is 0 Å². The lowest BCUT2D eigenvalue weighted by molar-refractivity contribution is 0.0624. The molecule has 0 bridgehead atoms. The molecule has 2 aromatic carbocycles. The van der Waals surface area contributed by atoms with E-state index in [0.717, 1.165) is 6.42 Å². The number of piperidine rings is 1. The number of H-pyrrole nitrogens is 1. The van der Waals surface area contributed by atoms with Crippen LogP contribution < -0.4 is 10.7 Å². The summed E-state index contributed by atoms with van der Waals surface area (Å²) in [6.45, 7) is 5.66. The highest BCUT2D eigenvalue weighted by molar-refractivity contribution is 6.08. The van der Waals surface area contributed by atoms with Crippen molar-refractivity contribution in [3.8, 4) is 0 Å². The molecule has 1 aromatic heterocycles. The summed E-state index contributed by atoms with van der Waals surface area (Å²) in [4.78, 5) is 40.5. The first-order valence-electron chi connectivity index (χ1n) is 10.1. The lowest BCUT2D eigenvalue weighted by Crippen LogP contribution is -2.42. The molecule has 0 aliphatic carbocycles. The van der Waals surface area contributed by atoms with Gasteiger partial charge >= 0.3 is 0 Å². The molecule has 2 N–H and O–H groups in total. The van der Waals surface area contributed by atoms with E-state index in [1.165, 1.54) is 0 Å². The fourth-order valence-electron chi connectivity index (χ4n) is 4.19. The molecule has 7 nitrogen and oxygen atoms in total. The number of hydrogen-bond donors (Lipinski definition) is 2. The third-order valence-electron chi connectivity index (χ3n) is 5.45. The minimum absolute atomic E-state index is 0.121. The maximum absolute atomic E-state index is 13.2. The second-order valence-corrected chi connectivity index (χ2v) is 8.10. The monoisotopic (exact) mass is 404 g/mol. The predicted octanol–water partition coefficient (Wildman–Crippen LogP) is 3.29. The summed E-state index contributed by atoms with van der Waals surface area (Å²) >= 11 is 0. The van der Waals surface area contributed by atoms with Crippen LogP contribution in [0.25, 0.3) is 10.9 Å². The highest BCUT2D eigenvalue weighted by Crippen LogP contribution is 2.25. The number of carbonyl (C=O) groups is 2. The van der Waals surface area contributed by atoms with E-state index < -0.39 is 11.3 Å². The van der Waals surface area contributed by atoms with E-state index in [4.69, 9.17) is 0 Å². The van der Waals surface area contributed by atoms with Crippen LogP contribution in [0.5, 0.6) is 0 Å². The predicted molar refractivity (Wildman–Crippen MR) is 116 cm³/mol. The van der Waals surface area contributed by atoms with Gasteiger partial charge in [-0.2, -0.15) is 5.10 Å². The standard InChI is InChI=1S/C23H24N4O3/c1-14-11-15(2)13-27(12-14)23(30)17-8-4-5-9-18(17)24-22(29)20-21(28)16-7-3-6-10-19(16)25-26-20/h3-10,14-15H,11-13H2,1-2H3,(H,24,29)(H,25,28). The number of fused-ring (bicyclic) bond motifs is 1. The molecule has 0 spiro atoms. The van der Waals surface area contributed by atoms with Crippen molar-refractivity contribution in [3.63, 3.8) is 0 Å². The second kappa shape index (κ2) is 8.10. The average Bonchev–Trinajstić information content (AvgIpc) is 2.73. The number of aromatic amines is 1. The zero-order valence-electron chi connectivity index (χ0n) is 17.0. The molecular formula is C23H24N4O3. The fraction of sp³-hybridized carbons (Fsp3) is 0.304. The van der Waals surface area contributed by atoms with Crippen LogP contribution in [0.15, 0.2) is 53.3 Å². The molecule has 4 rings (SSSR count). The van der Waals surface area contributed by atoms with Crippen LogP contribution >= 0.6 is 0 Å². The van der Waals surface area contributed by atoms with Crippen molar-refractivity contribution >= 4 is 28.4 Å². The van der Waals surface area contributed by atoms with Crippen molar-refractivity contribution in [2.24, 2.45) is 11.8 Å². The lowest BCUT2D eigenvalue weighted by Gasteiger charge is -2.35. The number of benzene rings is 2. The molecule has 1 aliphatic rings. The van der Waals surface area contributed by atoms with Crippen molar-refractivity contribution in [1.82, 2.24) is 15.1 Å². The smallest absolute Gasteiger partial charge is 0.280 e. The molecule has 0 radical (unpaired) electrons. The number of para-hydroxylation sites is 2. The minimum Gasteiger partial charge on any atom is -0.338 e. The zero-order chi connectivity index (χ0) is 21.3. The van der Waals surface area contributed by atoms with Crippen LogP contribution in [-0.4, -0.2) is 40.0 Å². The number of rotatable bonds is 3. The van der Waals surface area contributed by atoms with Gasteiger partial charge < -0.3 is 10.2 Å². The van der Waals surface area contributed by atoms with Crippen molar-refractivity contribution < 1.29 is 9.59 Å². The molecular weight excluding hydrogens is 380 g/mol. The first kappa shape index (κ1) is 19.8. The van der Waals surface area contributed by atoms with E-state index in [9.17, 15) is 14.4 Å². The third-order valence-corrected chi connectivity index (χ3v) is 5.45. The first-order chi connectivity index (χ1) is 14.4. The summed E-state index contributed by atoms with van der Waals surface area (Å²) in [5.74, 6) is 0.0898. The number of hydrogen-bond acceptors (Lipinski definition) is 4. The Morgan fingerprint density at radius 3 is 2.47 bits per heavy atom. The molecule has 154 valence electrons. The number of nitrogens with one attached hydrogen (secondary N) is 2. The second-order valence-electron chi connectivity index (χ2n) is 8.10. The molecule has 2 atom stereocenters. The van der Waals surface area contributed by atoms with Crippen molar-refractivity contribution in [2.45, 2.75) is 20.3 Å². The quantitative estimate of drug-likeness (QED) is 0.700. The Labute approximate surface area is 174 Å². The molecule has 30 heavy (non-hydrogen) atoms. The molecule has 1 fully saturated rings. The number of likely N-dealkylation sites (tertiary alicyclic amines) is 1. The van der Waals surface area contributed by atoms with Crippen LogP contribution in [0.4, 0.5) is 5.69 Å². The Balaban J connectivity index is 1.62. The van der Waals surface area contributed by atoms with Crippen molar-refractivity contribution in [3.05, 3.63) is 70.0 Å². The fourth-order valence-corrected chi connectivity index (χ4v) is 4.19. The van der Waals surface area contributed by atoms with E-state index in [1.807, 2.05) is 4.90 Å². The summed E-state index contributed by atoms with van der Waals surface area (Å²) in [6, 6.07) is 13.7. The zero-order valence-corrected chi connectivity index (χ0v) is 17.0. The van der Waals surface area contributed by atoms with E-state index in [0.29, 0.717) is 47.1 Å². The third kappa shape index (κ3) is 3.83. The molecule has 0 saturated carbocycles. The average molecular weight is 404 g/mol. The Kier molecular flexibility index (Phi) is 5.35. The van der Waals surface area contributed by atoms with E-state index >= 15 is 0 Å². The topological polar surface area (TPSA) is 95.2 Å². The van der Waals surface area contributed by atoms with Crippen molar-refractivity contribution in [2.75, 3.05) is 18.4 Å². The Bertz CT molecular complexity index is 1160. The Morgan fingerprint density at radius 2 is 1.70 bits per heavy atom. The Morgan fingerprint density at radius 1 is 1.03 bits per heavy atom. The SMILES string of the molecule is CC1CC(C)CN(C(=O)c2ccccc2NC(=O)c2n[nH]c3ccccc3c2=O)C1. The van der Waals surface area contributed by atoms with Gasteiger partial charge in [0.25, 0.3) is 11.8 Å². The van der Waals surface area contributed by atoms with Gasteiger partial charge in [-0.05, 0) is 42.5 Å². The first-order valence-corrected chi connectivity index (χ1v) is 10.1. The molecule has 7 heteroatoms. The van der Waals surface area contributed by atoms with Gasteiger partial charge in [0, 0.05) is 18.5 Å². The van der Waals surface area contributed by atoms with Crippen LogP contribution in [0, 0.1) is 11.8 Å². The van der Waals surface area contributed by atoms with Gasteiger partial charge in [0.15, 0.2) is 5.69 Å². The summed E-state index contributed by atoms with van der Waals surface area (Å²) in [5.41, 5.74) is 0.639. The summed E-state index contributed by atoms with van der Waals surface area (Å²) < 4.78 is 0. The maximum atomic E-state index is 13.2. The molecule has 3 aromatic rings. The molecule has 1 saturated heterocycles.